The standard InChI is InChI=1S/C21H18ClN3O4/c1-21(2)14-9-10-23-19(27)24(16-6-4-3-5-15(16)22)20(28)25(23)18(14)13-8-7-12(26)11-17(13)29-21/h3-9,11,18,26H,10H2,1-2H3. The van der Waals surface area contributed by atoms with Gasteiger partial charge in [-0.25, -0.2) is 23.5 Å². The monoisotopic (exact) mass is 411 g/mol. The molecule has 8 heteroatoms. The molecular weight excluding hydrogens is 394 g/mol. The van der Waals surface area contributed by atoms with Crippen molar-refractivity contribution in [2.24, 2.45) is 0 Å². The van der Waals surface area contributed by atoms with E-state index in [1.807, 2.05) is 19.9 Å². The molecule has 0 fully saturated rings. The number of phenols is 1. The van der Waals surface area contributed by atoms with Crippen LogP contribution in [0.1, 0.15) is 25.5 Å². The fourth-order valence-corrected chi connectivity index (χ4v) is 4.44. The molecule has 2 aliphatic rings. The van der Waals surface area contributed by atoms with E-state index in [0.29, 0.717) is 22.0 Å². The van der Waals surface area contributed by atoms with Crippen molar-refractivity contribution in [1.29, 1.82) is 0 Å². The third-order valence-electron chi connectivity index (χ3n) is 5.53. The average Bonchev–Trinajstić information content (AvgIpc) is 2.92. The molecule has 2 aromatic carbocycles. The lowest BCUT2D eigenvalue weighted by molar-refractivity contribution is 0.113. The Morgan fingerprint density at radius 3 is 2.66 bits per heavy atom. The van der Waals surface area contributed by atoms with Crippen LogP contribution in [0.4, 0.5) is 0 Å². The molecule has 0 aliphatic carbocycles. The molecule has 0 radical (unpaired) electrons. The number of aromatic nitrogens is 3. The number of hydrogen-bond acceptors (Lipinski definition) is 4. The van der Waals surface area contributed by atoms with Crippen LogP contribution < -0.4 is 16.1 Å². The molecule has 2 aliphatic heterocycles. The largest absolute Gasteiger partial charge is 0.508 e. The first kappa shape index (κ1) is 17.9. The zero-order valence-corrected chi connectivity index (χ0v) is 16.6. The average molecular weight is 412 g/mol. The number of phenolic OH excluding ortho intramolecular Hbond substituents is 1. The maximum Gasteiger partial charge on any atom is 0.352 e. The summed E-state index contributed by atoms with van der Waals surface area (Å²) in [4.78, 5) is 26.6. The van der Waals surface area contributed by atoms with Gasteiger partial charge in [0.05, 0.1) is 17.3 Å². The van der Waals surface area contributed by atoms with Crippen molar-refractivity contribution in [3.05, 3.63) is 85.7 Å². The minimum atomic E-state index is -0.710. The van der Waals surface area contributed by atoms with Crippen molar-refractivity contribution in [2.75, 3.05) is 0 Å². The predicted molar refractivity (Wildman–Crippen MR) is 108 cm³/mol. The van der Waals surface area contributed by atoms with Gasteiger partial charge in [0.2, 0.25) is 0 Å². The van der Waals surface area contributed by atoms with Crippen molar-refractivity contribution in [3.63, 3.8) is 0 Å². The molecule has 1 unspecified atom stereocenters. The van der Waals surface area contributed by atoms with E-state index in [0.717, 1.165) is 10.1 Å². The van der Waals surface area contributed by atoms with E-state index in [-0.39, 0.29) is 12.3 Å². The Kier molecular flexibility index (Phi) is 3.64. The van der Waals surface area contributed by atoms with Crippen molar-refractivity contribution in [3.8, 4) is 17.2 Å². The van der Waals surface area contributed by atoms with Gasteiger partial charge in [-0.15, -0.1) is 0 Å². The minimum absolute atomic E-state index is 0.0705. The van der Waals surface area contributed by atoms with Crippen molar-refractivity contribution in [1.82, 2.24) is 13.9 Å². The number of fused-ring (bicyclic) bond motifs is 5. The maximum atomic E-state index is 13.5. The molecule has 0 spiro atoms. The molecule has 3 heterocycles. The number of rotatable bonds is 1. The first-order valence-electron chi connectivity index (χ1n) is 9.21. The first-order valence-corrected chi connectivity index (χ1v) is 9.59. The molecule has 0 amide bonds. The zero-order valence-electron chi connectivity index (χ0n) is 15.8. The van der Waals surface area contributed by atoms with Crippen LogP contribution in [-0.2, 0) is 6.54 Å². The molecule has 7 nitrogen and oxygen atoms in total. The number of nitrogens with zero attached hydrogens (tertiary/aromatic N) is 3. The molecule has 0 saturated carbocycles. The van der Waals surface area contributed by atoms with E-state index >= 15 is 0 Å². The Balaban J connectivity index is 1.82. The molecule has 148 valence electrons. The molecule has 3 aromatic rings. The van der Waals surface area contributed by atoms with Gasteiger partial charge in [-0.1, -0.05) is 29.8 Å². The molecule has 1 atom stereocenters. The van der Waals surface area contributed by atoms with Crippen LogP contribution in [0.15, 0.2) is 63.7 Å². The summed E-state index contributed by atoms with van der Waals surface area (Å²) in [5, 5.41) is 10.2. The Labute approximate surface area is 170 Å². The third kappa shape index (κ3) is 2.43. The van der Waals surface area contributed by atoms with E-state index in [4.69, 9.17) is 16.3 Å². The van der Waals surface area contributed by atoms with E-state index in [1.165, 1.54) is 15.4 Å². The van der Waals surface area contributed by atoms with Crippen molar-refractivity contribution < 1.29 is 9.84 Å². The summed E-state index contributed by atoms with van der Waals surface area (Å²) in [6.45, 7) is 4.06. The van der Waals surface area contributed by atoms with Crippen molar-refractivity contribution >= 4 is 11.6 Å². The van der Waals surface area contributed by atoms with Gasteiger partial charge in [0.25, 0.3) is 0 Å². The summed E-state index contributed by atoms with van der Waals surface area (Å²) in [6, 6.07) is 11.0. The Morgan fingerprint density at radius 1 is 1.14 bits per heavy atom. The van der Waals surface area contributed by atoms with Crippen LogP contribution >= 0.6 is 11.6 Å². The highest BCUT2D eigenvalue weighted by Gasteiger charge is 2.43. The second kappa shape index (κ2) is 5.90. The summed E-state index contributed by atoms with van der Waals surface area (Å²) in [5.74, 6) is 0.552. The smallest absolute Gasteiger partial charge is 0.352 e. The highest BCUT2D eigenvalue weighted by atomic mass is 35.5. The van der Waals surface area contributed by atoms with Crippen LogP contribution in [0.25, 0.3) is 5.69 Å². The lowest BCUT2D eigenvalue weighted by Gasteiger charge is -2.42. The molecular formula is C21H18ClN3O4. The molecule has 1 N–H and O–H groups in total. The Bertz CT molecular complexity index is 1310. The molecule has 29 heavy (non-hydrogen) atoms. The molecule has 0 saturated heterocycles. The van der Waals surface area contributed by atoms with Gasteiger partial charge >= 0.3 is 11.4 Å². The summed E-state index contributed by atoms with van der Waals surface area (Å²) in [5.41, 5.74) is 0.295. The van der Waals surface area contributed by atoms with Gasteiger partial charge in [0, 0.05) is 11.6 Å². The molecule has 1 aromatic heterocycles. The van der Waals surface area contributed by atoms with E-state index in [2.05, 4.69) is 0 Å². The third-order valence-corrected chi connectivity index (χ3v) is 5.85. The lowest BCUT2D eigenvalue weighted by atomic mass is 9.83. The fourth-order valence-electron chi connectivity index (χ4n) is 4.22. The number of para-hydroxylation sites is 1. The van der Waals surface area contributed by atoms with Gasteiger partial charge in [-0.05, 0) is 43.7 Å². The van der Waals surface area contributed by atoms with E-state index in [1.54, 1.807) is 36.4 Å². The van der Waals surface area contributed by atoms with Gasteiger partial charge in [-0.3, -0.25) is 0 Å². The number of aromatic hydroxyl groups is 1. The van der Waals surface area contributed by atoms with Gasteiger partial charge in [0.15, 0.2) is 0 Å². The fraction of sp³-hybridized carbons (Fsp3) is 0.238. The van der Waals surface area contributed by atoms with E-state index < -0.39 is 23.0 Å². The van der Waals surface area contributed by atoms with Crippen LogP contribution in [0, 0.1) is 0 Å². The Morgan fingerprint density at radius 2 is 1.90 bits per heavy atom. The van der Waals surface area contributed by atoms with Crippen LogP contribution in [0.5, 0.6) is 11.5 Å². The van der Waals surface area contributed by atoms with Crippen LogP contribution in [0.3, 0.4) is 0 Å². The minimum Gasteiger partial charge on any atom is -0.508 e. The number of halogens is 1. The summed E-state index contributed by atoms with van der Waals surface area (Å²) >= 11 is 6.27. The summed E-state index contributed by atoms with van der Waals surface area (Å²) in [7, 11) is 0. The van der Waals surface area contributed by atoms with Crippen LogP contribution in [0.2, 0.25) is 5.02 Å². The molecule has 5 rings (SSSR count). The lowest BCUT2D eigenvalue weighted by Crippen LogP contribution is -2.46. The number of allylic oxidation sites excluding steroid dienone is 1. The highest BCUT2D eigenvalue weighted by molar-refractivity contribution is 6.32. The maximum absolute atomic E-state index is 13.5. The van der Waals surface area contributed by atoms with Gasteiger partial charge < -0.3 is 9.84 Å². The Hall–Kier alpha value is -3.19. The van der Waals surface area contributed by atoms with Crippen LogP contribution in [-0.4, -0.2) is 24.6 Å². The second-order valence-electron chi connectivity index (χ2n) is 7.68. The summed E-state index contributed by atoms with van der Waals surface area (Å²) < 4.78 is 10.1. The normalized spacial score (nSPS) is 18.9. The first-order chi connectivity index (χ1) is 13.8. The van der Waals surface area contributed by atoms with Gasteiger partial charge in [0.1, 0.15) is 23.1 Å². The molecule has 0 bridgehead atoms. The second-order valence-corrected chi connectivity index (χ2v) is 8.08. The van der Waals surface area contributed by atoms with Crippen molar-refractivity contribution in [2.45, 2.75) is 32.0 Å². The quantitative estimate of drug-likeness (QED) is 0.624. The predicted octanol–water partition coefficient (Wildman–Crippen LogP) is 2.86. The number of benzene rings is 2. The SMILES string of the molecule is CC1(C)Oc2cc(O)ccc2C2C1=CCn1c(=O)n(-c3ccccc3Cl)c(=O)n12. The highest BCUT2D eigenvalue weighted by Crippen LogP contribution is 2.46. The summed E-state index contributed by atoms with van der Waals surface area (Å²) in [6.07, 6.45) is 1.93. The van der Waals surface area contributed by atoms with Gasteiger partial charge in [-0.2, -0.15) is 0 Å². The zero-order chi connectivity index (χ0) is 20.5. The van der Waals surface area contributed by atoms with E-state index in [9.17, 15) is 14.7 Å². The number of ether oxygens (including phenoxy) is 1. The topological polar surface area (TPSA) is 78.4 Å². The number of hydrogen-bond donors (Lipinski definition) is 1.